The maximum atomic E-state index is 2.41. The fourth-order valence-electron chi connectivity index (χ4n) is 2.08. The summed E-state index contributed by atoms with van der Waals surface area (Å²) in [7, 11) is 0. The van der Waals surface area contributed by atoms with Crippen LogP contribution in [0.15, 0.2) is 23.8 Å². The maximum Gasteiger partial charge on any atom is -0.0166 e. The first kappa shape index (κ1) is 9.57. The van der Waals surface area contributed by atoms with E-state index in [9.17, 15) is 0 Å². The van der Waals surface area contributed by atoms with Crippen molar-refractivity contribution in [2.24, 2.45) is 11.8 Å². The van der Waals surface area contributed by atoms with E-state index in [1.165, 1.54) is 12.8 Å². The molecule has 0 heterocycles. The summed E-state index contributed by atoms with van der Waals surface area (Å²) in [5, 5.41) is 0. The Morgan fingerprint density at radius 1 is 1.42 bits per heavy atom. The first-order chi connectivity index (χ1) is 5.74. The van der Waals surface area contributed by atoms with Crippen LogP contribution in [-0.2, 0) is 0 Å². The van der Waals surface area contributed by atoms with Gasteiger partial charge in [0.1, 0.15) is 0 Å². The highest BCUT2D eigenvalue weighted by molar-refractivity contribution is 5.13. The van der Waals surface area contributed by atoms with Gasteiger partial charge in [0.25, 0.3) is 0 Å². The predicted molar refractivity (Wildman–Crippen MR) is 55.1 cm³/mol. The minimum absolute atomic E-state index is 0.838. The fraction of sp³-hybridized carbons (Fsp3) is 0.667. The average molecular weight is 164 g/mol. The number of allylic oxidation sites excluding steroid dienone is 4. The molecule has 68 valence electrons. The maximum absolute atomic E-state index is 2.41. The predicted octanol–water partition coefficient (Wildman–Crippen LogP) is 3.95. The van der Waals surface area contributed by atoms with Crippen molar-refractivity contribution in [2.45, 2.75) is 40.0 Å². The van der Waals surface area contributed by atoms with Crippen LogP contribution in [0.1, 0.15) is 40.0 Å². The van der Waals surface area contributed by atoms with Crippen molar-refractivity contribution >= 4 is 0 Å². The topological polar surface area (TPSA) is 0 Å². The first-order valence-corrected chi connectivity index (χ1v) is 5.04. The summed E-state index contributed by atoms with van der Waals surface area (Å²) in [6.45, 7) is 6.79. The normalized spacial score (nSPS) is 33.8. The van der Waals surface area contributed by atoms with Gasteiger partial charge in [-0.2, -0.15) is 0 Å². The van der Waals surface area contributed by atoms with Crippen molar-refractivity contribution in [3.63, 3.8) is 0 Å². The molecular weight excluding hydrogens is 144 g/mol. The van der Waals surface area contributed by atoms with Crippen LogP contribution < -0.4 is 0 Å². The summed E-state index contributed by atoms with van der Waals surface area (Å²) in [5.74, 6) is 1.75. The lowest BCUT2D eigenvalue weighted by Gasteiger charge is -2.02. The molecule has 1 aliphatic carbocycles. The van der Waals surface area contributed by atoms with Gasteiger partial charge in [-0.25, -0.2) is 0 Å². The van der Waals surface area contributed by atoms with Crippen LogP contribution in [-0.4, -0.2) is 0 Å². The van der Waals surface area contributed by atoms with Crippen molar-refractivity contribution in [3.05, 3.63) is 23.8 Å². The van der Waals surface area contributed by atoms with E-state index in [2.05, 4.69) is 39.0 Å². The van der Waals surface area contributed by atoms with Gasteiger partial charge in [-0.15, -0.1) is 0 Å². The van der Waals surface area contributed by atoms with Crippen LogP contribution in [0.5, 0.6) is 0 Å². The highest BCUT2D eigenvalue weighted by Gasteiger charge is 2.21. The quantitative estimate of drug-likeness (QED) is 0.542. The Balaban J connectivity index is 2.45. The lowest BCUT2D eigenvalue weighted by Crippen LogP contribution is -1.88. The van der Waals surface area contributed by atoms with Crippen LogP contribution in [0.25, 0.3) is 0 Å². The van der Waals surface area contributed by atoms with Gasteiger partial charge in [0.05, 0.1) is 0 Å². The molecule has 12 heavy (non-hydrogen) atoms. The number of hydrogen-bond acceptors (Lipinski definition) is 0. The molecule has 0 aromatic rings. The molecule has 2 atom stereocenters. The van der Waals surface area contributed by atoms with Crippen molar-refractivity contribution in [2.75, 3.05) is 0 Å². The largest absolute Gasteiger partial charge is 0.0914 e. The number of rotatable bonds is 2. The highest BCUT2D eigenvalue weighted by Crippen LogP contribution is 2.35. The second-order valence-corrected chi connectivity index (χ2v) is 4.03. The molecule has 0 bridgehead atoms. The molecule has 1 saturated carbocycles. The molecule has 0 saturated heterocycles. The summed E-state index contributed by atoms with van der Waals surface area (Å²) in [6, 6.07) is 0. The van der Waals surface area contributed by atoms with E-state index >= 15 is 0 Å². The molecule has 0 N–H and O–H groups in total. The Bertz CT molecular complexity index is 186. The van der Waals surface area contributed by atoms with Gasteiger partial charge in [-0.05, 0) is 38.0 Å². The van der Waals surface area contributed by atoms with Gasteiger partial charge in [0.2, 0.25) is 0 Å². The van der Waals surface area contributed by atoms with E-state index in [4.69, 9.17) is 0 Å². The molecule has 0 aliphatic heterocycles. The molecule has 2 unspecified atom stereocenters. The molecule has 1 rings (SSSR count). The Kier molecular flexibility index (Phi) is 3.58. The fourth-order valence-corrected chi connectivity index (χ4v) is 2.08. The van der Waals surface area contributed by atoms with Gasteiger partial charge >= 0.3 is 0 Å². The third-order valence-electron chi connectivity index (χ3n) is 2.72. The molecule has 0 spiro atoms. The van der Waals surface area contributed by atoms with Crippen LogP contribution in [0.3, 0.4) is 0 Å². The van der Waals surface area contributed by atoms with E-state index in [-0.39, 0.29) is 0 Å². The summed E-state index contributed by atoms with van der Waals surface area (Å²) in [5.41, 5.74) is 1.68. The Morgan fingerprint density at radius 3 is 2.67 bits per heavy atom. The van der Waals surface area contributed by atoms with Crippen LogP contribution in [0.4, 0.5) is 0 Å². The average Bonchev–Trinajstić information content (AvgIpc) is 2.31. The zero-order valence-corrected chi connectivity index (χ0v) is 8.51. The van der Waals surface area contributed by atoms with E-state index in [1.807, 2.05) is 0 Å². The van der Waals surface area contributed by atoms with Gasteiger partial charge in [0, 0.05) is 0 Å². The highest BCUT2D eigenvalue weighted by atomic mass is 14.3. The van der Waals surface area contributed by atoms with Crippen LogP contribution in [0, 0.1) is 11.8 Å². The zero-order chi connectivity index (χ0) is 8.97. The molecule has 0 heteroatoms. The third kappa shape index (κ3) is 2.51. The lowest BCUT2D eigenvalue weighted by atomic mass is 10.0. The van der Waals surface area contributed by atoms with Crippen LogP contribution in [0.2, 0.25) is 0 Å². The first-order valence-electron chi connectivity index (χ1n) is 5.04. The minimum atomic E-state index is 0.838. The van der Waals surface area contributed by atoms with Crippen molar-refractivity contribution in [1.82, 2.24) is 0 Å². The standard InChI is InChI=1S/C12H20/c1-4-5-6-7-12-9-10(2)8-11(12)3/h4-5,7,10-11H,6,8-9H2,1-3H3. The summed E-state index contributed by atoms with van der Waals surface area (Å²) in [4.78, 5) is 0. The van der Waals surface area contributed by atoms with Gasteiger partial charge in [-0.1, -0.05) is 37.6 Å². The zero-order valence-electron chi connectivity index (χ0n) is 8.51. The SMILES string of the molecule is CC=CCC=C1CC(C)CC1C. The van der Waals surface area contributed by atoms with Crippen molar-refractivity contribution in [3.8, 4) is 0 Å². The van der Waals surface area contributed by atoms with E-state index < -0.39 is 0 Å². The van der Waals surface area contributed by atoms with Crippen LogP contribution >= 0.6 is 0 Å². The smallest absolute Gasteiger partial charge is 0.0166 e. The minimum Gasteiger partial charge on any atom is -0.0914 e. The van der Waals surface area contributed by atoms with Crippen molar-refractivity contribution in [1.29, 1.82) is 0 Å². The summed E-state index contributed by atoms with van der Waals surface area (Å²) >= 11 is 0. The van der Waals surface area contributed by atoms with Gasteiger partial charge < -0.3 is 0 Å². The molecule has 1 aliphatic rings. The van der Waals surface area contributed by atoms with Gasteiger partial charge in [-0.3, -0.25) is 0 Å². The van der Waals surface area contributed by atoms with Crippen molar-refractivity contribution < 1.29 is 0 Å². The summed E-state index contributed by atoms with van der Waals surface area (Å²) in [6.07, 6.45) is 10.6. The molecule has 0 aromatic carbocycles. The molecule has 0 radical (unpaired) electrons. The Morgan fingerprint density at radius 2 is 2.17 bits per heavy atom. The second kappa shape index (κ2) is 4.49. The molecular formula is C12H20. The second-order valence-electron chi connectivity index (χ2n) is 4.03. The Hall–Kier alpha value is -0.520. The molecule has 0 aromatic heterocycles. The van der Waals surface area contributed by atoms with E-state index in [0.717, 1.165) is 18.3 Å². The third-order valence-corrected chi connectivity index (χ3v) is 2.72. The lowest BCUT2D eigenvalue weighted by molar-refractivity contribution is 0.563. The molecule has 0 nitrogen and oxygen atoms in total. The van der Waals surface area contributed by atoms with Gasteiger partial charge in [0.15, 0.2) is 0 Å². The van der Waals surface area contributed by atoms with E-state index in [0.29, 0.717) is 0 Å². The monoisotopic (exact) mass is 164 g/mol. The summed E-state index contributed by atoms with van der Waals surface area (Å²) < 4.78 is 0. The number of hydrogen-bond donors (Lipinski definition) is 0. The Labute approximate surface area is 76.4 Å². The van der Waals surface area contributed by atoms with E-state index in [1.54, 1.807) is 5.57 Å². The molecule has 0 amide bonds. The molecule has 1 fully saturated rings.